The van der Waals surface area contributed by atoms with E-state index in [0.717, 1.165) is 44.1 Å². The van der Waals surface area contributed by atoms with Gasteiger partial charge in [-0.2, -0.15) is 0 Å². The van der Waals surface area contributed by atoms with Gasteiger partial charge in [-0.05, 0) is 51.0 Å². The molecule has 148 valence electrons. The van der Waals surface area contributed by atoms with Crippen molar-refractivity contribution >= 4 is 11.9 Å². The summed E-state index contributed by atoms with van der Waals surface area (Å²) in [4.78, 5) is 25.9. The van der Waals surface area contributed by atoms with Gasteiger partial charge in [0.15, 0.2) is 0 Å². The van der Waals surface area contributed by atoms with E-state index in [4.69, 9.17) is 9.47 Å². The molecule has 2 saturated carbocycles. The fourth-order valence-corrected chi connectivity index (χ4v) is 3.49. The molecule has 2 aliphatic carbocycles. The Kier molecular flexibility index (Phi) is 6.23. The summed E-state index contributed by atoms with van der Waals surface area (Å²) in [6.45, 7) is 5.89. The van der Waals surface area contributed by atoms with Crippen molar-refractivity contribution in [3.63, 3.8) is 0 Å². The Balaban J connectivity index is 1.70. The third-order valence-corrected chi connectivity index (χ3v) is 5.29. The van der Waals surface area contributed by atoms with Gasteiger partial charge in [0.25, 0.3) is 0 Å². The zero-order valence-electron chi connectivity index (χ0n) is 16.8. The number of hydrogen-bond donors (Lipinski definition) is 0. The van der Waals surface area contributed by atoms with Crippen LogP contribution in [0.25, 0.3) is 0 Å². The van der Waals surface area contributed by atoms with Gasteiger partial charge in [-0.25, -0.2) is 0 Å². The van der Waals surface area contributed by atoms with E-state index in [0.29, 0.717) is 11.8 Å². The number of benzene rings is 1. The summed E-state index contributed by atoms with van der Waals surface area (Å²) in [7, 11) is 0. The summed E-state index contributed by atoms with van der Waals surface area (Å²) in [5.41, 5.74) is 0.420. The number of carbonyl (C=O) groups is 2. The fraction of sp³-hybridized carbons (Fsp3) is 0.652. The van der Waals surface area contributed by atoms with Crippen LogP contribution in [0.5, 0.6) is 0 Å². The van der Waals surface area contributed by atoms with E-state index in [2.05, 4.69) is 0 Å². The summed E-state index contributed by atoms with van der Waals surface area (Å²) in [6, 6.07) is 9.69. The Morgan fingerprint density at radius 1 is 0.926 bits per heavy atom. The predicted octanol–water partition coefficient (Wildman–Crippen LogP) is 4.90. The molecule has 0 heterocycles. The minimum Gasteiger partial charge on any atom is -0.461 e. The highest BCUT2D eigenvalue weighted by Crippen LogP contribution is 2.43. The fourth-order valence-electron chi connectivity index (χ4n) is 3.49. The Bertz CT molecular complexity index is 638. The number of hydrogen-bond acceptors (Lipinski definition) is 4. The third-order valence-electron chi connectivity index (χ3n) is 5.29. The van der Waals surface area contributed by atoms with Crippen LogP contribution in [0, 0.1) is 23.7 Å². The maximum Gasteiger partial charge on any atom is 0.310 e. The van der Waals surface area contributed by atoms with Gasteiger partial charge in [-0.15, -0.1) is 0 Å². The number of rotatable bonds is 9. The average Bonchev–Trinajstić information content (AvgIpc) is 3.50. The Hall–Kier alpha value is -1.84. The monoisotopic (exact) mass is 372 g/mol. The first-order valence-electron chi connectivity index (χ1n) is 10.3. The van der Waals surface area contributed by atoms with E-state index in [1.165, 1.54) is 0 Å². The van der Waals surface area contributed by atoms with Crippen LogP contribution in [0.4, 0.5) is 0 Å². The van der Waals surface area contributed by atoms with Crippen molar-refractivity contribution in [2.75, 3.05) is 0 Å². The first-order valence-corrected chi connectivity index (χ1v) is 10.3. The van der Waals surface area contributed by atoms with E-state index < -0.39 is 11.5 Å². The minimum atomic E-state index is -0.545. The number of esters is 2. The van der Waals surface area contributed by atoms with Gasteiger partial charge in [-0.3, -0.25) is 9.59 Å². The van der Waals surface area contributed by atoms with E-state index >= 15 is 0 Å². The lowest BCUT2D eigenvalue weighted by molar-refractivity contribution is -0.169. The van der Waals surface area contributed by atoms with Gasteiger partial charge in [0.1, 0.15) is 12.2 Å². The molecule has 0 N–H and O–H groups in total. The summed E-state index contributed by atoms with van der Waals surface area (Å²) < 4.78 is 11.3. The highest BCUT2D eigenvalue weighted by Gasteiger charge is 2.43. The van der Waals surface area contributed by atoms with Crippen molar-refractivity contribution in [3.05, 3.63) is 35.9 Å². The van der Waals surface area contributed by atoms with Crippen LogP contribution >= 0.6 is 0 Å². The Labute approximate surface area is 162 Å². The second-order valence-corrected chi connectivity index (χ2v) is 9.20. The van der Waals surface area contributed by atoms with Crippen molar-refractivity contribution in [1.29, 1.82) is 0 Å². The number of ether oxygens (including phenoxy) is 2. The van der Waals surface area contributed by atoms with Gasteiger partial charge < -0.3 is 9.47 Å². The molecule has 2 atom stereocenters. The lowest BCUT2D eigenvalue weighted by Gasteiger charge is -2.28. The zero-order chi connectivity index (χ0) is 19.4. The van der Waals surface area contributed by atoms with E-state index in [9.17, 15) is 9.59 Å². The molecular weight excluding hydrogens is 340 g/mol. The Morgan fingerprint density at radius 3 is 1.93 bits per heavy atom. The average molecular weight is 373 g/mol. The smallest absolute Gasteiger partial charge is 0.310 e. The maximum absolute atomic E-state index is 13.0. The molecule has 0 aliphatic heterocycles. The first kappa shape index (κ1) is 19.9. The molecule has 4 nitrogen and oxygen atoms in total. The molecule has 2 fully saturated rings. The molecule has 0 bridgehead atoms. The van der Waals surface area contributed by atoms with Crippen molar-refractivity contribution in [3.8, 4) is 0 Å². The molecule has 1 aromatic rings. The summed E-state index contributed by atoms with van der Waals surface area (Å²) in [5.74, 6) is -0.175. The molecule has 2 aliphatic rings. The van der Waals surface area contributed by atoms with Gasteiger partial charge in [0, 0.05) is 0 Å². The van der Waals surface area contributed by atoms with Crippen LogP contribution in [0.15, 0.2) is 30.3 Å². The number of carbonyl (C=O) groups excluding carboxylic acids is 2. The van der Waals surface area contributed by atoms with Crippen LogP contribution < -0.4 is 0 Å². The molecule has 4 heteroatoms. The lowest BCUT2D eigenvalue weighted by Crippen LogP contribution is -2.37. The summed E-state index contributed by atoms with van der Waals surface area (Å²) in [6.07, 6.45) is 6.07. The van der Waals surface area contributed by atoms with E-state index in [1.54, 1.807) is 0 Å². The van der Waals surface area contributed by atoms with Crippen molar-refractivity contribution in [2.24, 2.45) is 23.7 Å². The maximum atomic E-state index is 13.0. The third kappa shape index (κ3) is 6.67. The normalized spacial score (nSPS) is 19.2. The molecule has 2 unspecified atom stereocenters. The lowest BCUT2D eigenvalue weighted by atomic mass is 9.83. The van der Waals surface area contributed by atoms with Gasteiger partial charge in [-0.1, -0.05) is 56.0 Å². The Morgan fingerprint density at radius 2 is 1.44 bits per heavy atom. The van der Waals surface area contributed by atoms with Crippen LogP contribution in [-0.4, -0.2) is 17.5 Å². The quantitative estimate of drug-likeness (QED) is 0.578. The second-order valence-electron chi connectivity index (χ2n) is 9.20. The van der Waals surface area contributed by atoms with Crippen molar-refractivity contribution < 1.29 is 19.1 Å². The van der Waals surface area contributed by atoms with E-state index in [-0.39, 0.29) is 24.5 Å². The molecule has 27 heavy (non-hydrogen) atoms. The van der Waals surface area contributed by atoms with Crippen molar-refractivity contribution in [2.45, 2.75) is 71.5 Å². The van der Waals surface area contributed by atoms with Crippen LogP contribution in [-0.2, 0) is 25.7 Å². The molecule has 0 saturated heterocycles. The molecule has 0 amide bonds. The van der Waals surface area contributed by atoms with Crippen LogP contribution in [0.2, 0.25) is 0 Å². The zero-order valence-corrected chi connectivity index (χ0v) is 16.8. The van der Waals surface area contributed by atoms with E-state index in [1.807, 2.05) is 51.1 Å². The molecule has 0 spiro atoms. The molecular formula is C23H32O4. The molecule has 3 rings (SSSR count). The summed E-state index contributed by atoms with van der Waals surface area (Å²) in [5, 5.41) is 0. The highest BCUT2D eigenvalue weighted by atomic mass is 16.6. The van der Waals surface area contributed by atoms with Crippen LogP contribution in [0.3, 0.4) is 0 Å². The highest BCUT2D eigenvalue weighted by molar-refractivity contribution is 5.82. The van der Waals surface area contributed by atoms with Crippen molar-refractivity contribution in [1.82, 2.24) is 0 Å². The molecule has 1 aromatic carbocycles. The second kappa shape index (κ2) is 8.45. The molecule has 0 aromatic heterocycles. The standard InChI is InChI=1S/C23H32O4/c1-23(2,3)27-22(25)20(14-17-11-12-17)19(13-16-9-10-16)21(24)26-15-18-7-5-4-6-8-18/h4-8,16-17,19-20H,9-15H2,1-3H3. The van der Waals surface area contributed by atoms with Crippen LogP contribution in [0.1, 0.15) is 64.9 Å². The van der Waals surface area contributed by atoms with Gasteiger partial charge in [0.2, 0.25) is 0 Å². The first-order chi connectivity index (χ1) is 12.8. The van der Waals surface area contributed by atoms with Gasteiger partial charge >= 0.3 is 11.9 Å². The molecule has 0 radical (unpaired) electrons. The van der Waals surface area contributed by atoms with Gasteiger partial charge in [0.05, 0.1) is 11.8 Å². The predicted molar refractivity (Wildman–Crippen MR) is 104 cm³/mol. The summed E-state index contributed by atoms with van der Waals surface area (Å²) >= 11 is 0. The minimum absolute atomic E-state index is 0.239. The topological polar surface area (TPSA) is 52.6 Å². The SMILES string of the molecule is CC(C)(C)OC(=O)C(CC1CC1)C(CC1CC1)C(=O)OCc1ccccc1. The largest absolute Gasteiger partial charge is 0.461 e.